The molecule has 8 heavy (non-hydrogen) atoms. The summed E-state index contributed by atoms with van der Waals surface area (Å²) in [6.45, 7) is 0.897. The number of hydrogen-bond acceptors (Lipinski definition) is 2. The summed E-state index contributed by atoms with van der Waals surface area (Å²) in [6.07, 6.45) is 1.64. The van der Waals surface area contributed by atoms with Crippen molar-refractivity contribution in [2.75, 3.05) is 13.1 Å². The smallest absolute Gasteiger partial charge is 0.179 e. The predicted molar refractivity (Wildman–Crippen MR) is 26.7 cm³/mol. The van der Waals surface area contributed by atoms with E-state index in [1.165, 1.54) is 4.90 Å². The van der Waals surface area contributed by atoms with Crippen molar-refractivity contribution in [3.05, 3.63) is 0 Å². The molecule has 44 valence electrons. The summed E-state index contributed by atoms with van der Waals surface area (Å²) in [5, 5.41) is 8.19. The van der Waals surface area contributed by atoms with Crippen molar-refractivity contribution in [2.45, 2.75) is 12.6 Å². The van der Waals surface area contributed by atoms with Gasteiger partial charge in [0.25, 0.3) is 0 Å². The lowest BCUT2D eigenvalue weighted by atomic mass is 10.4. The van der Waals surface area contributed by atoms with Gasteiger partial charge in [0.1, 0.15) is 6.17 Å². The van der Waals surface area contributed by atoms with Gasteiger partial charge >= 0.3 is 0 Å². The van der Waals surface area contributed by atoms with E-state index in [0.29, 0.717) is 19.5 Å². The molecule has 0 N–H and O–H groups in total. The highest BCUT2D eigenvalue weighted by molar-refractivity contribution is 4.83. The van der Waals surface area contributed by atoms with Crippen molar-refractivity contribution in [2.24, 2.45) is 0 Å². The third kappa shape index (κ3) is 0.890. The van der Waals surface area contributed by atoms with Gasteiger partial charge < -0.3 is 4.90 Å². The van der Waals surface area contributed by atoms with Crippen LogP contribution in [-0.4, -0.2) is 24.2 Å². The fourth-order valence-electron chi connectivity index (χ4n) is 0.808. The number of hydrogen-bond donors (Lipinski definition) is 0. The highest BCUT2D eigenvalue weighted by Crippen LogP contribution is 2.09. The van der Waals surface area contributed by atoms with E-state index in [0.717, 1.165) is 0 Å². The monoisotopic (exact) mass is 114 g/mol. The van der Waals surface area contributed by atoms with Crippen LogP contribution in [0.1, 0.15) is 6.42 Å². The number of likely N-dealkylation sites (tertiary alicyclic amines) is 1. The van der Waals surface area contributed by atoms with Gasteiger partial charge in [-0.05, 0) is 6.42 Å². The highest BCUT2D eigenvalue weighted by atomic mass is 19.1. The standard InChI is InChI=1S/C5H7FN2/c6-5-1-2-8(3-5)4-7/h5H,1-3H2. The second kappa shape index (κ2) is 1.99. The molecule has 2 nitrogen and oxygen atoms in total. The molecule has 1 heterocycles. The van der Waals surface area contributed by atoms with E-state index < -0.39 is 6.17 Å². The maximum atomic E-state index is 12.2. The molecule has 0 radical (unpaired) electrons. The number of halogens is 1. The Hall–Kier alpha value is -0.780. The number of nitrogens with zero attached hydrogens (tertiary/aromatic N) is 2. The second-order valence-electron chi connectivity index (χ2n) is 1.93. The molecule has 0 bridgehead atoms. The van der Waals surface area contributed by atoms with Crippen LogP contribution in [0.5, 0.6) is 0 Å². The zero-order chi connectivity index (χ0) is 5.98. The summed E-state index contributed by atoms with van der Waals surface area (Å²) in [5.74, 6) is 0. The van der Waals surface area contributed by atoms with Crippen LogP contribution in [0.3, 0.4) is 0 Å². The van der Waals surface area contributed by atoms with Gasteiger partial charge in [-0.15, -0.1) is 0 Å². The van der Waals surface area contributed by atoms with Crippen LogP contribution in [0.15, 0.2) is 0 Å². The van der Waals surface area contributed by atoms with Gasteiger partial charge in [0.05, 0.1) is 6.54 Å². The fourth-order valence-corrected chi connectivity index (χ4v) is 0.808. The summed E-state index contributed by atoms with van der Waals surface area (Å²) in [6, 6.07) is 0. The van der Waals surface area contributed by atoms with Crippen molar-refractivity contribution in [3.63, 3.8) is 0 Å². The zero-order valence-corrected chi connectivity index (χ0v) is 4.47. The molecule has 1 fully saturated rings. The number of nitriles is 1. The topological polar surface area (TPSA) is 27.0 Å². The lowest BCUT2D eigenvalue weighted by Crippen LogP contribution is -2.13. The van der Waals surface area contributed by atoms with Gasteiger partial charge in [0.15, 0.2) is 6.19 Å². The molecule has 1 atom stereocenters. The summed E-state index contributed by atoms with van der Waals surface area (Å²) >= 11 is 0. The normalized spacial score (nSPS) is 28.0. The first-order valence-corrected chi connectivity index (χ1v) is 2.61. The average Bonchev–Trinajstić information content (AvgIpc) is 2.14. The Bertz CT molecular complexity index is 118. The fraction of sp³-hybridized carbons (Fsp3) is 0.800. The largest absolute Gasteiger partial charge is 0.308 e. The molecule has 0 saturated carbocycles. The Morgan fingerprint density at radius 2 is 2.50 bits per heavy atom. The van der Waals surface area contributed by atoms with Crippen LogP contribution < -0.4 is 0 Å². The minimum atomic E-state index is -0.769. The summed E-state index contributed by atoms with van der Waals surface area (Å²) < 4.78 is 12.2. The quantitative estimate of drug-likeness (QED) is 0.429. The molecule has 1 aliphatic heterocycles. The molecule has 0 spiro atoms. The molecule has 1 aliphatic rings. The Labute approximate surface area is 47.5 Å². The van der Waals surface area contributed by atoms with Crippen molar-refractivity contribution in [1.29, 1.82) is 5.26 Å². The van der Waals surface area contributed by atoms with Crippen LogP contribution in [-0.2, 0) is 0 Å². The number of alkyl halides is 1. The molecule has 0 aromatic carbocycles. The van der Waals surface area contributed by atoms with Crippen LogP contribution in [0.4, 0.5) is 4.39 Å². The Morgan fingerprint density at radius 1 is 1.75 bits per heavy atom. The predicted octanol–water partition coefficient (Wildman–Crippen LogP) is 0.511. The molecule has 1 unspecified atom stereocenters. The van der Waals surface area contributed by atoms with E-state index >= 15 is 0 Å². The zero-order valence-electron chi connectivity index (χ0n) is 4.47. The van der Waals surface area contributed by atoms with E-state index in [4.69, 9.17) is 5.26 Å². The van der Waals surface area contributed by atoms with Crippen molar-refractivity contribution < 1.29 is 4.39 Å². The van der Waals surface area contributed by atoms with Crippen molar-refractivity contribution >= 4 is 0 Å². The number of rotatable bonds is 0. The Kier molecular flexibility index (Phi) is 1.34. The van der Waals surface area contributed by atoms with Crippen LogP contribution in [0, 0.1) is 11.5 Å². The molecule has 0 aliphatic carbocycles. The third-order valence-electron chi connectivity index (χ3n) is 1.27. The Balaban J connectivity index is 2.35. The van der Waals surface area contributed by atoms with Gasteiger partial charge in [0, 0.05) is 6.54 Å². The molecular formula is C5H7FN2. The molecule has 1 saturated heterocycles. The highest BCUT2D eigenvalue weighted by Gasteiger charge is 2.19. The molecule has 1 rings (SSSR count). The van der Waals surface area contributed by atoms with E-state index in [2.05, 4.69) is 0 Å². The lowest BCUT2D eigenvalue weighted by Gasteiger charge is -2.00. The molecule has 0 amide bonds. The van der Waals surface area contributed by atoms with Gasteiger partial charge in [-0.3, -0.25) is 0 Å². The second-order valence-corrected chi connectivity index (χ2v) is 1.93. The van der Waals surface area contributed by atoms with Gasteiger partial charge in [0.2, 0.25) is 0 Å². The van der Waals surface area contributed by atoms with Crippen LogP contribution in [0.2, 0.25) is 0 Å². The maximum absolute atomic E-state index is 12.2. The van der Waals surface area contributed by atoms with E-state index in [1.807, 2.05) is 6.19 Å². The molecule has 3 heteroatoms. The Morgan fingerprint density at radius 3 is 2.75 bits per heavy atom. The molecular weight excluding hydrogens is 107 g/mol. The third-order valence-corrected chi connectivity index (χ3v) is 1.27. The van der Waals surface area contributed by atoms with Crippen molar-refractivity contribution in [3.8, 4) is 6.19 Å². The summed E-state index contributed by atoms with van der Waals surface area (Å²) in [4.78, 5) is 1.44. The maximum Gasteiger partial charge on any atom is 0.179 e. The van der Waals surface area contributed by atoms with E-state index in [1.54, 1.807) is 0 Å². The summed E-state index contributed by atoms with van der Waals surface area (Å²) in [7, 11) is 0. The van der Waals surface area contributed by atoms with Crippen molar-refractivity contribution in [1.82, 2.24) is 4.90 Å². The van der Waals surface area contributed by atoms with Crippen LogP contribution in [0.25, 0.3) is 0 Å². The molecule has 0 aromatic rings. The summed E-state index contributed by atoms with van der Waals surface area (Å²) in [5.41, 5.74) is 0. The van der Waals surface area contributed by atoms with Gasteiger partial charge in [-0.1, -0.05) is 0 Å². The minimum absolute atomic E-state index is 0.302. The van der Waals surface area contributed by atoms with Crippen LogP contribution >= 0.6 is 0 Å². The lowest BCUT2D eigenvalue weighted by molar-refractivity contribution is 0.337. The molecule has 0 aromatic heterocycles. The minimum Gasteiger partial charge on any atom is -0.308 e. The van der Waals surface area contributed by atoms with E-state index in [-0.39, 0.29) is 0 Å². The first-order valence-electron chi connectivity index (χ1n) is 2.61. The first-order chi connectivity index (χ1) is 3.83. The van der Waals surface area contributed by atoms with E-state index in [9.17, 15) is 4.39 Å². The SMILES string of the molecule is N#CN1CCC(F)C1. The average molecular weight is 114 g/mol. The first kappa shape index (κ1) is 5.36. The van der Waals surface area contributed by atoms with Gasteiger partial charge in [-0.2, -0.15) is 5.26 Å². The van der Waals surface area contributed by atoms with Gasteiger partial charge in [-0.25, -0.2) is 4.39 Å².